The molecule has 0 atom stereocenters. The van der Waals surface area contributed by atoms with Gasteiger partial charge in [-0.05, 0) is 35.9 Å². The lowest BCUT2D eigenvalue weighted by Crippen LogP contribution is -2.24. The Balaban J connectivity index is 1.53. The van der Waals surface area contributed by atoms with Gasteiger partial charge in [-0.25, -0.2) is 4.98 Å². The Kier molecular flexibility index (Phi) is 6.46. The molecule has 0 radical (unpaired) electrons. The van der Waals surface area contributed by atoms with Gasteiger partial charge < -0.3 is 20.1 Å². The molecule has 1 heterocycles. The first-order valence-corrected chi connectivity index (χ1v) is 8.92. The third-order valence-corrected chi connectivity index (χ3v) is 4.28. The van der Waals surface area contributed by atoms with Crippen LogP contribution in [0.25, 0.3) is 0 Å². The van der Waals surface area contributed by atoms with Crippen LogP contribution in [0.4, 0.5) is 5.69 Å². The van der Waals surface area contributed by atoms with Crippen molar-refractivity contribution < 1.29 is 14.3 Å². The molecule has 6 nitrogen and oxygen atoms in total. The highest BCUT2D eigenvalue weighted by molar-refractivity contribution is 5.92. The van der Waals surface area contributed by atoms with E-state index < -0.39 is 0 Å². The summed E-state index contributed by atoms with van der Waals surface area (Å²) >= 11 is 0. The van der Waals surface area contributed by atoms with E-state index in [2.05, 4.69) is 15.6 Å². The largest absolute Gasteiger partial charge is 0.497 e. The molecule has 2 aromatic carbocycles. The van der Waals surface area contributed by atoms with Crippen LogP contribution in [0.3, 0.4) is 0 Å². The molecule has 28 heavy (non-hydrogen) atoms. The highest BCUT2D eigenvalue weighted by Gasteiger charge is 2.09. The number of carbonyl (C=O) groups is 1. The highest BCUT2D eigenvalue weighted by atomic mass is 16.5. The fourth-order valence-electron chi connectivity index (χ4n) is 2.70. The lowest BCUT2D eigenvalue weighted by Gasteiger charge is -2.10. The van der Waals surface area contributed by atoms with E-state index >= 15 is 0 Å². The Labute approximate surface area is 164 Å². The molecule has 0 aliphatic rings. The Morgan fingerprint density at radius 1 is 0.929 bits per heavy atom. The van der Waals surface area contributed by atoms with Gasteiger partial charge in [0.05, 0.1) is 26.1 Å². The van der Waals surface area contributed by atoms with Gasteiger partial charge in [0.2, 0.25) is 0 Å². The average molecular weight is 377 g/mol. The summed E-state index contributed by atoms with van der Waals surface area (Å²) in [6.07, 6.45) is 1.65. The summed E-state index contributed by atoms with van der Waals surface area (Å²) in [5, 5.41) is 6.15. The molecule has 3 rings (SSSR count). The van der Waals surface area contributed by atoms with Gasteiger partial charge in [0.25, 0.3) is 5.91 Å². The van der Waals surface area contributed by atoms with Crippen molar-refractivity contribution in [2.24, 2.45) is 0 Å². The average Bonchev–Trinajstić information content (AvgIpc) is 2.77. The van der Waals surface area contributed by atoms with Gasteiger partial charge in [0, 0.05) is 18.7 Å². The topological polar surface area (TPSA) is 72.5 Å². The van der Waals surface area contributed by atoms with E-state index in [1.807, 2.05) is 54.6 Å². The first kappa shape index (κ1) is 19.2. The number of nitrogens with zero attached hydrogens (tertiary/aromatic N) is 1. The van der Waals surface area contributed by atoms with Crippen molar-refractivity contribution >= 4 is 11.6 Å². The second-order valence-corrected chi connectivity index (χ2v) is 6.13. The maximum atomic E-state index is 12.3. The zero-order valence-corrected chi connectivity index (χ0v) is 15.9. The summed E-state index contributed by atoms with van der Waals surface area (Å²) in [4.78, 5) is 16.6. The molecular formula is C22H23N3O3. The number of nitrogens with one attached hydrogen (secondary N) is 2. The van der Waals surface area contributed by atoms with Crippen LogP contribution in [-0.2, 0) is 13.1 Å². The number of benzene rings is 2. The summed E-state index contributed by atoms with van der Waals surface area (Å²) < 4.78 is 10.4. The number of hydrogen-bond acceptors (Lipinski definition) is 5. The molecule has 0 fully saturated rings. The number of aromatic nitrogens is 1. The van der Waals surface area contributed by atoms with Crippen LogP contribution in [0.2, 0.25) is 0 Å². The fraction of sp³-hybridized carbons (Fsp3) is 0.182. The molecule has 0 spiro atoms. The fourth-order valence-corrected chi connectivity index (χ4v) is 2.70. The van der Waals surface area contributed by atoms with Crippen LogP contribution >= 0.6 is 0 Å². The number of anilines is 1. The predicted molar refractivity (Wildman–Crippen MR) is 109 cm³/mol. The van der Waals surface area contributed by atoms with E-state index in [9.17, 15) is 4.79 Å². The standard InChI is InChI=1S/C22H23N3O3/c1-27-19-10-7-16(8-11-19)13-23-18-9-12-20(24-15-18)22(26)25-14-17-5-3-4-6-21(17)28-2/h3-12,15,23H,13-14H2,1-2H3,(H,25,26). The van der Waals surface area contributed by atoms with Gasteiger partial charge in [0.1, 0.15) is 17.2 Å². The monoisotopic (exact) mass is 377 g/mol. The Morgan fingerprint density at radius 3 is 2.39 bits per heavy atom. The summed E-state index contributed by atoms with van der Waals surface area (Å²) in [7, 11) is 3.26. The molecular weight excluding hydrogens is 354 g/mol. The molecule has 1 aromatic heterocycles. The smallest absolute Gasteiger partial charge is 0.270 e. The number of para-hydroxylation sites is 1. The van der Waals surface area contributed by atoms with Gasteiger partial charge in [-0.2, -0.15) is 0 Å². The number of carbonyl (C=O) groups excluding carboxylic acids is 1. The lowest BCUT2D eigenvalue weighted by atomic mass is 10.2. The van der Waals surface area contributed by atoms with E-state index in [1.165, 1.54) is 0 Å². The van der Waals surface area contributed by atoms with E-state index in [0.717, 1.165) is 28.3 Å². The maximum absolute atomic E-state index is 12.3. The Bertz CT molecular complexity index is 909. The summed E-state index contributed by atoms with van der Waals surface area (Å²) in [5.41, 5.74) is 3.25. The predicted octanol–water partition coefficient (Wildman–Crippen LogP) is 3.64. The van der Waals surface area contributed by atoms with Crippen molar-refractivity contribution in [2.75, 3.05) is 19.5 Å². The van der Waals surface area contributed by atoms with E-state index in [4.69, 9.17) is 9.47 Å². The van der Waals surface area contributed by atoms with Crippen molar-refractivity contribution in [3.8, 4) is 11.5 Å². The van der Waals surface area contributed by atoms with Gasteiger partial charge >= 0.3 is 0 Å². The molecule has 0 aliphatic heterocycles. The van der Waals surface area contributed by atoms with Gasteiger partial charge in [-0.15, -0.1) is 0 Å². The summed E-state index contributed by atoms with van der Waals surface area (Å²) in [5.74, 6) is 1.34. The molecule has 3 aromatic rings. The number of rotatable bonds is 8. The molecule has 0 aliphatic carbocycles. The minimum absolute atomic E-state index is 0.229. The van der Waals surface area contributed by atoms with Crippen LogP contribution in [0.5, 0.6) is 11.5 Å². The number of methoxy groups -OCH3 is 2. The molecule has 0 saturated carbocycles. The number of hydrogen-bond donors (Lipinski definition) is 2. The van der Waals surface area contributed by atoms with Crippen LogP contribution < -0.4 is 20.1 Å². The van der Waals surface area contributed by atoms with Gasteiger partial charge in [0.15, 0.2) is 0 Å². The highest BCUT2D eigenvalue weighted by Crippen LogP contribution is 2.17. The third-order valence-electron chi connectivity index (χ3n) is 4.28. The van der Waals surface area contributed by atoms with E-state index in [0.29, 0.717) is 18.8 Å². The van der Waals surface area contributed by atoms with E-state index in [-0.39, 0.29) is 5.91 Å². The summed E-state index contributed by atoms with van der Waals surface area (Å²) in [6, 6.07) is 19.0. The maximum Gasteiger partial charge on any atom is 0.270 e. The zero-order chi connectivity index (χ0) is 19.8. The van der Waals surface area contributed by atoms with E-state index in [1.54, 1.807) is 26.5 Å². The molecule has 6 heteroatoms. The van der Waals surface area contributed by atoms with Crippen molar-refractivity contribution in [1.82, 2.24) is 10.3 Å². The molecule has 1 amide bonds. The third kappa shape index (κ3) is 5.01. The minimum atomic E-state index is -0.229. The van der Waals surface area contributed by atoms with Crippen LogP contribution in [0.15, 0.2) is 66.9 Å². The quantitative estimate of drug-likeness (QED) is 0.627. The lowest BCUT2D eigenvalue weighted by molar-refractivity contribution is 0.0945. The normalized spacial score (nSPS) is 10.2. The number of pyridine rings is 1. The SMILES string of the molecule is COc1ccc(CNc2ccc(C(=O)NCc3ccccc3OC)nc2)cc1. The second-order valence-electron chi connectivity index (χ2n) is 6.13. The first-order chi connectivity index (χ1) is 13.7. The zero-order valence-electron chi connectivity index (χ0n) is 15.9. The first-order valence-electron chi connectivity index (χ1n) is 8.92. The Hall–Kier alpha value is -3.54. The molecule has 0 saturated heterocycles. The van der Waals surface area contributed by atoms with Crippen molar-refractivity contribution in [2.45, 2.75) is 13.1 Å². The van der Waals surface area contributed by atoms with Crippen molar-refractivity contribution in [3.05, 3.63) is 83.7 Å². The molecule has 2 N–H and O–H groups in total. The summed E-state index contributed by atoms with van der Waals surface area (Å²) in [6.45, 7) is 1.03. The van der Waals surface area contributed by atoms with Gasteiger partial charge in [-0.1, -0.05) is 30.3 Å². The minimum Gasteiger partial charge on any atom is -0.497 e. The van der Waals surface area contributed by atoms with Crippen molar-refractivity contribution in [3.63, 3.8) is 0 Å². The van der Waals surface area contributed by atoms with Crippen LogP contribution in [-0.4, -0.2) is 25.1 Å². The Morgan fingerprint density at radius 2 is 1.71 bits per heavy atom. The second kappa shape index (κ2) is 9.41. The number of amides is 1. The van der Waals surface area contributed by atoms with Crippen LogP contribution in [0.1, 0.15) is 21.6 Å². The van der Waals surface area contributed by atoms with Crippen LogP contribution in [0, 0.1) is 0 Å². The molecule has 144 valence electrons. The number of ether oxygens (including phenoxy) is 2. The molecule has 0 unspecified atom stereocenters. The van der Waals surface area contributed by atoms with Gasteiger partial charge in [-0.3, -0.25) is 4.79 Å². The van der Waals surface area contributed by atoms with Crippen molar-refractivity contribution in [1.29, 1.82) is 0 Å². The molecule has 0 bridgehead atoms.